The molecule has 0 N–H and O–H groups in total. The number of likely N-dealkylation sites (tertiary alicyclic amines) is 2. The molecule has 1 aromatic carbocycles. The summed E-state index contributed by atoms with van der Waals surface area (Å²) in [6.45, 7) is 3.09. The summed E-state index contributed by atoms with van der Waals surface area (Å²) in [7, 11) is 0. The van der Waals surface area contributed by atoms with Crippen LogP contribution >= 0.6 is 0 Å². The van der Waals surface area contributed by atoms with E-state index in [4.69, 9.17) is 0 Å². The summed E-state index contributed by atoms with van der Waals surface area (Å²) in [5.41, 5.74) is 2.76. The fraction of sp³-hybridized carbons (Fsp3) is 0.360. The lowest BCUT2D eigenvalue weighted by molar-refractivity contribution is -0.133. The van der Waals surface area contributed by atoms with Crippen molar-refractivity contribution in [3.8, 4) is 5.69 Å². The Morgan fingerprint density at radius 3 is 2.58 bits per heavy atom. The highest BCUT2D eigenvalue weighted by molar-refractivity contribution is 5.79. The number of rotatable bonds is 5. The van der Waals surface area contributed by atoms with Crippen LogP contribution in [-0.2, 0) is 17.9 Å². The molecular formula is C25H27FN4O. The van der Waals surface area contributed by atoms with Gasteiger partial charge in [-0.15, -0.1) is 0 Å². The van der Waals surface area contributed by atoms with Crippen LogP contribution in [0.5, 0.6) is 0 Å². The molecule has 160 valence electrons. The molecule has 0 saturated carbocycles. The van der Waals surface area contributed by atoms with Crippen LogP contribution in [0.3, 0.4) is 0 Å². The summed E-state index contributed by atoms with van der Waals surface area (Å²) in [5, 5.41) is 0. The van der Waals surface area contributed by atoms with Gasteiger partial charge in [0.05, 0.1) is 11.9 Å². The molecule has 2 saturated heterocycles. The minimum absolute atomic E-state index is 0.138. The van der Waals surface area contributed by atoms with Crippen molar-refractivity contribution in [2.24, 2.45) is 0 Å². The van der Waals surface area contributed by atoms with Crippen molar-refractivity contribution in [1.29, 1.82) is 0 Å². The number of benzene rings is 1. The summed E-state index contributed by atoms with van der Waals surface area (Å²) in [6, 6.07) is 15.0. The third kappa shape index (κ3) is 3.88. The maximum Gasteiger partial charge on any atom is 0.223 e. The summed E-state index contributed by atoms with van der Waals surface area (Å²) >= 11 is 0. The Labute approximate surface area is 182 Å². The molecule has 0 radical (unpaired) electrons. The Morgan fingerprint density at radius 1 is 0.968 bits per heavy atom. The fourth-order valence-electron chi connectivity index (χ4n) is 5.10. The molecule has 2 fully saturated rings. The van der Waals surface area contributed by atoms with Crippen LogP contribution in [0.15, 0.2) is 67.1 Å². The molecule has 0 atom stereocenters. The van der Waals surface area contributed by atoms with Gasteiger partial charge in [0.15, 0.2) is 0 Å². The lowest BCUT2D eigenvalue weighted by atomic mass is 9.84. The highest BCUT2D eigenvalue weighted by atomic mass is 19.1. The number of carbonyl (C=O) groups excluding carboxylic acids is 1. The van der Waals surface area contributed by atoms with E-state index in [1.807, 2.05) is 23.2 Å². The van der Waals surface area contributed by atoms with Crippen LogP contribution in [0, 0.1) is 5.82 Å². The van der Waals surface area contributed by atoms with Crippen molar-refractivity contribution in [3.63, 3.8) is 0 Å². The summed E-state index contributed by atoms with van der Waals surface area (Å²) < 4.78 is 16.4. The van der Waals surface area contributed by atoms with Crippen LogP contribution in [0.2, 0.25) is 0 Å². The van der Waals surface area contributed by atoms with Gasteiger partial charge in [0.2, 0.25) is 5.91 Å². The molecule has 5 rings (SSSR count). The molecule has 0 bridgehead atoms. The molecule has 5 nitrogen and oxygen atoms in total. The molecule has 6 heteroatoms. The first-order valence-electron chi connectivity index (χ1n) is 11.0. The maximum absolute atomic E-state index is 14.2. The molecule has 1 amide bonds. The highest BCUT2D eigenvalue weighted by Crippen LogP contribution is 2.40. The van der Waals surface area contributed by atoms with E-state index in [1.54, 1.807) is 18.3 Å². The number of carbonyl (C=O) groups is 1. The first kappa shape index (κ1) is 19.9. The lowest BCUT2D eigenvalue weighted by Gasteiger charge is -2.45. The Bertz CT molecular complexity index is 1060. The zero-order valence-corrected chi connectivity index (χ0v) is 17.6. The molecule has 0 aliphatic carbocycles. The van der Waals surface area contributed by atoms with Crippen molar-refractivity contribution in [2.75, 3.05) is 13.1 Å². The molecule has 4 heterocycles. The second-order valence-corrected chi connectivity index (χ2v) is 8.65. The first-order chi connectivity index (χ1) is 15.1. The largest absolute Gasteiger partial charge is 0.332 e. The fourth-order valence-corrected chi connectivity index (χ4v) is 5.10. The van der Waals surface area contributed by atoms with E-state index in [9.17, 15) is 9.18 Å². The first-order valence-corrected chi connectivity index (χ1v) is 11.0. The van der Waals surface area contributed by atoms with E-state index in [-0.39, 0.29) is 17.3 Å². The number of pyridine rings is 1. The van der Waals surface area contributed by atoms with Crippen LogP contribution in [0.4, 0.5) is 4.39 Å². The van der Waals surface area contributed by atoms with Crippen LogP contribution < -0.4 is 0 Å². The normalized spacial score (nSPS) is 18.7. The van der Waals surface area contributed by atoms with Crippen LogP contribution in [0.25, 0.3) is 5.69 Å². The Kier molecular flexibility index (Phi) is 5.32. The topological polar surface area (TPSA) is 41.4 Å². The molecule has 3 aromatic rings. The van der Waals surface area contributed by atoms with Gasteiger partial charge in [0, 0.05) is 61.8 Å². The molecule has 0 unspecified atom stereocenters. The van der Waals surface area contributed by atoms with E-state index in [0.29, 0.717) is 18.5 Å². The van der Waals surface area contributed by atoms with Gasteiger partial charge in [-0.3, -0.25) is 14.7 Å². The Hall–Kier alpha value is -2.99. The number of piperidine rings is 1. The number of amides is 1. The van der Waals surface area contributed by atoms with Gasteiger partial charge in [-0.1, -0.05) is 18.2 Å². The molecular weight excluding hydrogens is 391 g/mol. The number of halogens is 1. The number of hydrogen-bond acceptors (Lipinski definition) is 3. The van der Waals surface area contributed by atoms with Gasteiger partial charge in [-0.2, -0.15) is 0 Å². The van der Waals surface area contributed by atoms with Gasteiger partial charge in [-0.25, -0.2) is 4.39 Å². The van der Waals surface area contributed by atoms with Crippen molar-refractivity contribution in [3.05, 3.63) is 84.2 Å². The molecule has 2 aliphatic rings. The minimum Gasteiger partial charge on any atom is -0.332 e. The van der Waals surface area contributed by atoms with Gasteiger partial charge in [0.25, 0.3) is 0 Å². The Balaban J connectivity index is 1.27. The third-order valence-corrected chi connectivity index (χ3v) is 6.89. The number of hydrogen-bond donors (Lipinski definition) is 0. The second kappa shape index (κ2) is 8.27. The van der Waals surface area contributed by atoms with Gasteiger partial charge < -0.3 is 9.47 Å². The molecule has 1 spiro atoms. The second-order valence-electron chi connectivity index (χ2n) is 8.65. The van der Waals surface area contributed by atoms with Crippen molar-refractivity contribution in [1.82, 2.24) is 19.4 Å². The zero-order valence-electron chi connectivity index (χ0n) is 17.6. The predicted molar refractivity (Wildman–Crippen MR) is 117 cm³/mol. The standard InChI is InChI=1S/C25H27FN4O/c26-23-8-2-1-5-20(23)18-30-24(31)9-10-25(30)11-15-28(16-12-25)19-22-7-4-14-29(22)21-6-3-13-27-17-21/h1-8,13-14,17H,9-12,15-16,18-19H2. The average Bonchev–Trinajstić information content (AvgIpc) is 3.38. The van der Waals surface area contributed by atoms with Crippen LogP contribution in [-0.4, -0.2) is 43.9 Å². The Morgan fingerprint density at radius 2 is 1.81 bits per heavy atom. The smallest absolute Gasteiger partial charge is 0.223 e. The SMILES string of the molecule is O=C1CCC2(CCN(Cc3cccn3-c3cccnc3)CC2)N1Cc1ccccc1F. The minimum atomic E-state index is -0.231. The van der Waals surface area contributed by atoms with Gasteiger partial charge in [0.1, 0.15) is 5.82 Å². The molecule has 2 aliphatic heterocycles. The van der Waals surface area contributed by atoms with Gasteiger partial charge >= 0.3 is 0 Å². The zero-order chi connectivity index (χ0) is 21.3. The predicted octanol–water partition coefficient (Wildman–Crippen LogP) is 4.17. The lowest BCUT2D eigenvalue weighted by Crippen LogP contribution is -2.52. The highest BCUT2D eigenvalue weighted by Gasteiger charge is 2.46. The molecule has 31 heavy (non-hydrogen) atoms. The van der Waals surface area contributed by atoms with E-state index < -0.39 is 0 Å². The monoisotopic (exact) mass is 418 g/mol. The van der Waals surface area contributed by atoms with Crippen LogP contribution in [0.1, 0.15) is 36.9 Å². The number of nitrogens with zero attached hydrogens (tertiary/aromatic N) is 4. The third-order valence-electron chi connectivity index (χ3n) is 6.89. The maximum atomic E-state index is 14.2. The van der Waals surface area contributed by atoms with Crippen molar-refractivity contribution in [2.45, 2.75) is 44.3 Å². The van der Waals surface area contributed by atoms with E-state index >= 15 is 0 Å². The van der Waals surface area contributed by atoms with E-state index in [0.717, 1.165) is 44.6 Å². The summed E-state index contributed by atoms with van der Waals surface area (Å²) in [4.78, 5) is 21.3. The quantitative estimate of drug-likeness (QED) is 0.625. The van der Waals surface area contributed by atoms with Crippen molar-refractivity contribution >= 4 is 5.91 Å². The van der Waals surface area contributed by atoms with Crippen molar-refractivity contribution < 1.29 is 9.18 Å². The number of aromatic nitrogens is 2. The summed E-state index contributed by atoms with van der Waals surface area (Å²) in [5.74, 6) is -0.0758. The van der Waals surface area contributed by atoms with E-state index in [1.165, 1.54) is 11.8 Å². The molecule has 2 aromatic heterocycles. The van der Waals surface area contributed by atoms with Gasteiger partial charge in [-0.05, 0) is 49.6 Å². The summed E-state index contributed by atoms with van der Waals surface area (Å²) in [6.07, 6.45) is 9.04. The van der Waals surface area contributed by atoms with E-state index in [2.05, 4.69) is 38.8 Å². The average molecular weight is 419 g/mol.